The van der Waals surface area contributed by atoms with E-state index >= 15 is 0 Å². The lowest BCUT2D eigenvalue weighted by atomic mass is 9.97. The lowest BCUT2D eigenvalue weighted by molar-refractivity contribution is -0.330. The smallest absolute Gasteiger partial charge is 0.188 e. The van der Waals surface area contributed by atoms with Crippen LogP contribution in [0, 0.1) is 5.92 Å². The Labute approximate surface area is 150 Å². The Morgan fingerprint density at radius 1 is 0.958 bits per heavy atom. The van der Waals surface area contributed by atoms with Crippen molar-refractivity contribution in [1.82, 2.24) is 0 Å². The van der Waals surface area contributed by atoms with E-state index in [0.717, 1.165) is 0 Å². The first-order chi connectivity index (χ1) is 10.4. The molecular weight excluding hydrogens is 514 g/mol. The van der Waals surface area contributed by atoms with E-state index in [2.05, 4.69) is 31.9 Å². The van der Waals surface area contributed by atoms with Crippen LogP contribution in [0.5, 0.6) is 0 Å². The maximum atomic E-state index is 13.4. The van der Waals surface area contributed by atoms with E-state index in [4.69, 9.17) is 0 Å². The van der Waals surface area contributed by atoms with E-state index in [0.29, 0.717) is 6.08 Å². The minimum absolute atomic E-state index is 0.0161. The van der Waals surface area contributed by atoms with Crippen molar-refractivity contribution in [2.75, 3.05) is 0 Å². The highest BCUT2D eigenvalue weighted by molar-refractivity contribution is 9.12. The zero-order valence-electron chi connectivity index (χ0n) is 11.1. The average molecular weight is 519 g/mol. The molecule has 0 aromatic carbocycles. The van der Waals surface area contributed by atoms with Gasteiger partial charge in [-0.25, -0.2) is 0 Å². The number of allylic oxidation sites excluding steroid dienone is 3. The Bertz CT molecular complexity index is 560. The first-order valence-corrected chi connectivity index (χ1v) is 8.14. The highest BCUT2D eigenvalue weighted by atomic mass is 79.9. The van der Waals surface area contributed by atoms with Gasteiger partial charge < -0.3 is 0 Å². The first kappa shape index (κ1) is 22.1. The van der Waals surface area contributed by atoms with Crippen molar-refractivity contribution < 1.29 is 43.9 Å². The van der Waals surface area contributed by atoms with Gasteiger partial charge in [-0.1, -0.05) is 44.9 Å². The average Bonchev–Trinajstić information content (AvgIpc) is 2.32. The van der Waals surface area contributed by atoms with Crippen LogP contribution in [0.4, 0.5) is 43.9 Å². The van der Waals surface area contributed by atoms with Gasteiger partial charge in [0.1, 0.15) is 0 Å². The van der Waals surface area contributed by atoms with Crippen LogP contribution in [-0.2, 0) is 0 Å². The summed E-state index contributed by atoms with van der Waals surface area (Å²) in [5.74, 6) is -6.54. The van der Waals surface area contributed by atoms with Crippen LogP contribution in [-0.4, -0.2) is 28.4 Å². The Morgan fingerprint density at radius 3 is 1.79 bits per heavy atom. The summed E-state index contributed by atoms with van der Waals surface area (Å²) < 4.78 is 127. The van der Waals surface area contributed by atoms with Crippen LogP contribution in [0.3, 0.4) is 0 Å². The van der Waals surface area contributed by atoms with Gasteiger partial charge in [0.25, 0.3) is 0 Å². The van der Waals surface area contributed by atoms with Crippen LogP contribution in [0.25, 0.3) is 0 Å². The molecule has 0 aromatic rings. The van der Waals surface area contributed by atoms with E-state index in [1.807, 2.05) is 0 Å². The molecule has 1 rings (SSSR count). The predicted octanol–water partition coefficient (Wildman–Crippen LogP) is 6.98. The molecule has 1 atom stereocenters. The highest BCUT2D eigenvalue weighted by Gasteiger charge is 2.74. The van der Waals surface area contributed by atoms with Crippen LogP contribution >= 0.6 is 43.6 Å². The van der Waals surface area contributed by atoms with Crippen molar-refractivity contribution >= 4 is 43.6 Å². The van der Waals surface area contributed by atoms with E-state index in [9.17, 15) is 43.9 Å². The molecule has 24 heavy (non-hydrogen) atoms. The molecule has 0 heterocycles. The molecule has 0 spiro atoms. The molecular formula is C11H5Br2F10S. The summed E-state index contributed by atoms with van der Waals surface area (Å²) in [6.45, 7) is 1.19. The van der Waals surface area contributed by atoms with E-state index < -0.39 is 55.1 Å². The Hall–Kier alpha value is 0.0900. The van der Waals surface area contributed by atoms with Crippen molar-refractivity contribution in [3.05, 3.63) is 27.0 Å². The van der Waals surface area contributed by atoms with Crippen LogP contribution in [0.2, 0.25) is 0 Å². The Balaban J connectivity index is 3.37. The van der Waals surface area contributed by atoms with Gasteiger partial charge >= 0.3 is 23.5 Å². The quantitative estimate of drug-likeness (QED) is 0.287. The lowest BCUT2D eigenvalue weighted by Gasteiger charge is -2.32. The van der Waals surface area contributed by atoms with Gasteiger partial charge in [-0.05, 0) is 11.8 Å². The largest absolute Gasteiger partial charge is 0.460 e. The molecule has 0 bridgehead atoms. The minimum Gasteiger partial charge on any atom is -0.188 e. The van der Waals surface area contributed by atoms with Crippen molar-refractivity contribution in [3.63, 3.8) is 0 Å². The third-order valence-corrected chi connectivity index (χ3v) is 5.81. The van der Waals surface area contributed by atoms with Crippen LogP contribution < -0.4 is 0 Å². The monoisotopic (exact) mass is 517 g/mol. The fraction of sp³-hybridized carbons (Fsp3) is 0.545. The Morgan fingerprint density at radius 2 is 1.42 bits per heavy atom. The molecule has 139 valence electrons. The number of hydrogen-bond donors (Lipinski definition) is 0. The molecule has 0 N–H and O–H groups in total. The fourth-order valence-corrected chi connectivity index (χ4v) is 4.32. The molecule has 0 saturated heterocycles. The second-order valence-corrected chi connectivity index (χ2v) is 7.43. The Kier molecular flexibility index (Phi) is 6.15. The van der Waals surface area contributed by atoms with Crippen molar-refractivity contribution in [2.45, 2.75) is 35.3 Å². The third kappa shape index (κ3) is 4.08. The molecule has 1 aliphatic rings. The number of rotatable bonds is 3. The second-order valence-electron chi connectivity index (χ2n) is 4.49. The summed E-state index contributed by atoms with van der Waals surface area (Å²) in [7, 11) is 0. The summed E-state index contributed by atoms with van der Waals surface area (Å²) in [6, 6.07) is 0. The maximum Gasteiger partial charge on any atom is 0.460 e. The van der Waals surface area contributed by atoms with E-state index in [1.165, 1.54) is 6.92 Å². The van der Waals surface area contributed by atoms with Crippen molar-refractivity contribution in [1.29, 1.82) is 0 Å². The fourth-order valence-electron chi connectivity index (χ4n) is 1.48. The summed E-state index contributed by atoms with van der Waals surface area (Å²) in [4.78, 5) is -2.51. The molecule has 0 nitrogen and oxygen atoms in total. The van der Waals surface area contributed by atoms with Crippen molar-refractivity contribution in [3.8, 4) is 0 Å². The van der Waals surface area contributed by atoms with Gasteiger partial charge in [0.15, 0.2) is 0 Å². The number of thioether (sulfide) groups is 1. The summed E-state index contributed by atoms with van der Waals surface area (Å²) >= 11 is 3.84. The second kappa shape index (κ2) is 6.67. The number of alkyl halides is 11. The standard InChI is InChI=1S/C11H5Br2F10S/c1-3-4(12)2-5(6(7(3)13)8(14,15)16)24-11(22,23)9(17,18)10(19,20)21/h2,4H,1H3. The molecule has 13 heteroatoms. The SMILES string of the molecule is C[C]1C(Br)=C(C(F)(F)F)C(SC(F)(F)C(F)(F)C(F)(F)F)=CC1Br. The topological polar surface area (TPSA) is 0 Å². The van der Waals surface area contributed by atoms with Gasteiger partial charge in [0, 0.05) is 20.1 Å². The van der Waals surface area contributed by atoms with Gasteiger partial charge in [-0.3, -0.25) is 0 Å². The molecule has 0 fully saturated rings. The third-order valence-electron chi connectivity index (χ3n) is 2.77. The lowest BCUT2D eigenvalue weighted by Crippen LogP contribution is -2.50. The van der Waals surface area contributed by atoms with E-state index in [1.54, 1.807) is 0 Å². The number of halogens is 12. The van der Waals surface area contributed by atoms with Crippen LogP contribution in [0.1, 0.15) is 6.92 Å². The van der Waals surface area contributed by atoms with Gasteiger partial charge in [0.05, 0.1) is 5.57 Å². The minimum atomic E-state index is -6.63. The molecule has 1 aliphatic carbocycles. The molecule has 0 aromatic heterocycles. The molecule has 0 aliphatic heterocycles. The predicted molar refractivity (Wildman–Crippen MR) is 75.3 cm³/mol. The summed E-state index contributed by atoms with van der Waals surface area (Å²) in [6.07, 6.45) is -11.4. The summed E-state index contributed by atoms with van der Waals surface area (Å²) in [5, 5.41) is -5.85. The zero-order chi connectivity index (χ0) is 19.3. The number of hydrogen-bond acceptors (Lipinski definition) is 1. The maximum absolute atomic E-state index is 13.4. The van der Waals surface area contributed by atoms with E-state index in [-0.39, 0.29) is 5.92 Å². The van der Waals surface area contributed by atoms with Crippen LogP contribution in [0.15, 0.2) is 21.0 Å². The molecule has 0 saturated carbocycles. The van der Waals surface area contributed by atoms with Crippen molar-refractivity contribution in [2.24, 2.45) is 0 Å². The molecule has 0 amide bonds. The zero-order valence-corrected chi connectivity index (χ0v) is 15.1. The van der Waals surface area contributed by atoms with Gasteiger partial charge in [-0.2, -0.15) is 43.9 Å². The van der Waals surface area contributed by atoms with Gasteiger partial charge in [-0.15, -0.1) is 0 Å². The van der Waals surface area contributed by atoms with Gasteiger partial charge in [0.2, 0.25) is 0 Å². The first-order valence-electron chi connectivity index (χ1n) is 5.62. The molecule has 1 radical (unpaired) electrons. The highest BCUT2D eigenvalue weighted by Crippen LogP contribution is 2.58. The molecule has 1 unspecified atom stereocenters. The normalized spacial score (nSPS) is 22.0. The summed E-state index contributed by atoms with van der Waals surface area (Å²) in [5.41, 5.74) is -1.75.